The predicted octanol–water partition coefficient (Wildman–Crippen LogP) is 0.970. The van der Waals surface area contributed by atoms with Crippen molar-refractivity contribution < 1.29 is 4.79 Å². The van der Waals surface area contributed by atoms with E-state index in [0.717, 1.165) is 50.7 Å². The second-order valence-corrected chi connectivity index (χ2v) is 6.45. The van der Waals surface area contributed by atoms with Crippen LogP contribution in [-0.2, 0) is 6.54 Å². The first kappa shape index (κ1) is 16.0. The summed E-state index contributed by atoms with van der Waals surface area (Å²) in [5, 5.41) is 5.92. The van der Waals surface area contributed by atoms with Gasteiger partial charge in [0.25, 0.3) is 0 Å². The summed E-state index contributed by atoms with van der Waals surface area (Å²) in [5.74, 6) is 0.758. The van der Waals surface area contributed by atoms with Gasteiger partial charge in [-0.1, -0.05) is 12.8 Å². The van der Waals surface area contributed by atoms with Crippen molar-refractivity contribution in [2.75, 3.05) is 38.1 Å². The summed E-state index contributed by atoms with van der Waals surface area (Å²) in [7, 11) is 2.13. The van der Waals surface area contributed by atoms with Crippen molar-refractivity contribution in [3.8, 4) is 0 Å². The van der Waals surface area contributed by atoms with Crippen molar-refractivity contribution >= 4 is 12.0 Å². The molecule has 1 aliphatic carbocycles. The van der Waals surface area contributed by atoms with Crippen molar-refractivity contribution in [3.05, 3.63) is 18.0 Å². The van der Waals surface area contributed by atoms with Gasteiger partial charge in [-0.25, -0.2) is 14.8 Å². The third-order valence-electron chi connectivity index (χ3n) is 4.61. The molecule has 0 radical (unpaired) electrons. The molecule has 0 bridgehead atoms. The number of piperazine rings is 1. The SMILES string of the molecule is CN1CCN(c2nccc(CNC(=O)NC3CCCC3)n2)CC1. The lowest BCUT2D eigenvalue weighted by molar-refractivity contribution is 0.236. The Kier molecular flexibility index (Phi) is 5.27. The van der Waals surface area contributed by atoms with Gasteiger partial charge in [-0.2, -0.15) is 0 Å². The molecule has 2 N–H and O–H groups in total. The van der Waals surface area contributed by atoms with Crippen LogP contribution < -0.4 is 15.5 Å². The number of urea groups is 1. The molecule has 3 rings (SSSR count). The molecule has 1 aromatic heterocycles. The lowest BCUT2D eigenvalue weighted by atomic mass is 10.2. The molecule has 2 heterocycles. The average molecular weight is 318 g/mol. The Hall–Kier alpha value is -1.89. The van der Waals surface area contributed by atoms with Gasteiger partial charge in [-0.3, -0.25) is 0 Å². The highest BCUT2D eigenvalue weighted by molar-refractivity contribution is 5.74. The Morgan fingerprint density at radius 3 is 2.74 bits per heavy atom. The van der Waals surface area contributed by atoms with E-state index in [2.05, 4.69) is 37.4 Å². The second kappa shape index (κ2) is 7.59. The third-order valence-corrected chi connectivity index (χ3v) is 4.61. The van der Waals surface area contributed by atoms with Gasteiger partial charge in [0, 0.05) is 38.4 Å². The predicted molar refractivity (Wildman–Crippen MR) is 89.4 cm³/mol. The van der Waals surface area contributed by atoms with E-state index in [1.54, 1.807) is 6.20 Å². The average Bonchev–Trinajstić information content (AvgIpc) is 3.07. The topological polar surface area (TPSA) is 73.4 Å². The van der Waals surface area contributed by atoms with Crippen LogP contribution in [0.4, 0.5) is 10.7 Å². The van der Waals surface area contributed by atoms with Crippen molar-refractivity contribution in [1.29, 1.82) is 0 Å². The van der Waals surface area contributed by atoms with E-state index in [9.17, 15) is 4.79 Å². The lowest BCUT2D eigenvalue weighted by Gasteiger charge is -2.32. The molecule has 0 spiro atoms. The summed E-state index contributed by atoms with van der Waals surface area (Å²) in [6.45, 7) is 4.36. The molecule has 1 saturated heterocycles. The number of likely N-dealkylation sites (N-methyl/N-ethyl adjacent to an activating group) is 1. The molecule has 1 aromatic rings. The van der Waals surface area contributed by atoms with Gasteiger partial charge in [-0.05, 0) is 26.0 Å². The molecule has 1 saturated carbocycles. The van der Waals surface area contributed by atoms with Crippen molar-refractivity contribution in [2.45, 2.75) is 38.3 Å². The van der Waals surface area contributed by atoms with Gasteiger partial charge < -0.3 is 20.4 Å². The van der Waals surface area contributed by atoms with Gasteiger partial charge in [0.15, 0.2) is 0 Å². The number of rotatable bonds is 4. The molecule has 2 aliphatic rings. The van der Waals surface area contributed by atoms with Gasteiger partial charge in [-0.15, -0.1) is 0 Å². The molecule has 2 fully saturated rings. The zero-order valence-electron chi connectivity index (χ0n) is 13.8. The summed E-state index contributed by atoms with van der Waals surface area (Å²) in [6.07, 6.45) is 6.38. The Bertz CT molecular complexity index is 523. The van der Waals surface area contributed by atoms with E-state index in [1.807, 2.05) is 6.07 Å². The van der Waals surface area contributed by atoms with E-state index < -0.39 is 0 Å². The molecule has 0 atom stereocenters. The fourth-order valence-electron chi connectivity index (χ4n) is 3.12. The number of anilines is 1. The van der Waals surface area contributed by atoms with Crippen molar-refractivity contribution in [1.82, 2.24) is 25.5 Å². The minimum absolute atomic E-state index is 0.100. The number of amides is 2. The quantitative estimate of drug-likeness (QED) is 0.865. The molecule has 1 aliphatic heterocycles. The van der Waals surface area contributed by atoms with Crippen LogP contribution in [0.25, 0.3) is 0 Å². The van der Waals surface area contributed by atoms with Gasteiger partial charge in [0.1, 0.15) is 0 Å². The van der Waals surface area contributed by atoms with Crippen LogP contribution >= 0.6 is 0 Å². The smallest absolute Gasteiger partial charge is 0.315 e. The molecule has 2 amide bonds. The van der Waals surface area contributed by atoms with Crippen LogP contribution in [-0.4, -0.2) is 60.2 Å². The summed E-state index contributed by atoms with van der Waals surface area (Å²) >= 11 is 0. The first-order chi connectivity index (χ1) is 11.2. The molecular weight excluding hydrogens is 292 g/mol. The van der Waals surface area contributed by atoms with Crippen molar-refractivity contribution in [2.24, 2.45) is 0 Å². The Morgan fingerprint density at radius 2 is 2.00 bits per heavy atom. The number of nitrogens with one attached hydrogen (secondary N) is 2. The molecule has 7 nitrogen and oxygen atoms in total. The summed E-state index contributed by atoms with van der Waals surface area (Å²) in [4.78, 5) is 25.4. The highest BCUT2D eigenvalue weighted by Gasteiger charge is 2.18. The highest BCUT2D eigenvalue weighted by atomic mass is 16.2. The fourth-order valence-corrected chi connectivity index (χ4v) is 3.12. The minimum Gasteiger partial charge on any atom is -0.338 e. The molecule has 23 heavy (non-hydrogen) atoms. The molecule has 0 unspecified atom stereocenters. The Balaban J connectivity index is 1.50. The van der Waals surface area contributed by atoms with Crippen LogP contribution in [0.15, 0.2) is 12.3 Å². The maximum Gasteiger partial charge on any atom is 0.315 e. The van der Waals surface area contributed by atoms with E-state index in [0.29, 0.717) is 12.6 Å². The minimum atomic E-state index is -0.100. The maximum absolute atomic E-state index is 11.9. The fraction of sp³-hybridized carbons (Fsp3) is 0.688. The van der Waals surface area contributed by atoms with Crippen LogP contribution in [0.2, 0.25) is 0 Å². The largest absolute Gasteiger partial charge is 0.338 e. The van der Waals surface area contributed by atoms with E-state index in [1.165, 1.54) is 12.8 Å². The maximum atomic E-state index is 11.9. The summed E-state index contributed by atoms with van der Waals surface area (Å²) in [6, 6.07) is 2.09. The molecular formula is C16H26N6O. The first-order valence-electron chi connectivity index (χ1n) is 8.50. The first-order valence-corrected chi connectivity index (χ1v) is 8.50. The Labute approximate surface area is 137 Å². The number of nitrogens with zero attached hydrogens (tertiary/aromatic N) is 4. The van der Waals surface area contributed by atoms with Crippen LogP contribution in [0, 0.1) is 0 Å². The van der Waals surface area contributed by atoms with Gasteiger partial charge >= 0.3 is 6.03 Å². The van der Waals surface area contributed by atoms with E-state index in [-0.39, 0.29) is 6.03 Å². The van der Waals surface area contributed by atoms with Gasteiger partial charge in [0.05, 0.1) is 12.2 Å². The van der Waals surface area contributed by atoms with Crippen LogP contribution in [0.1, 0.15) is 31.4 Å². The zero-order chi connectivity index (χ0) is 16.1. The number of hydrogen-bond donors (Lipinski definition) is 2. The van der Waals surface area contributed by atoms with E-state index >= 15 is 0 Å². The molecule has 7 heteroatoms. The Morgan fingerprint density at radius 1 is 1.26 bits per heavy atom. The monoisotopic (exact) mass is 318 g/mol. The standard InChI is InChI=1S/C16H26N6O/c1-21-8-10-22(11-9-21)15-17-7-6-14(19-15)12-18-16(23)20-13-4-2-3-5-13/h6-7,13H,2-5,8-12H2,1H3,(H2,18,20,23). The highest BCUT2D eigenvalue weighted by Crippen LogP contribution is 2.17. The number of aromatic nitrogens is 2. The molecule has 126 valence electrons. The summed E-state index contributed by atoms with van der Waals surface area (Å²) in [5.41, 5.74) is 0.843. The zero-order valence-corrected chi connectivity index (χ0v) is 13.8. The van der Waals surface area contributed by atoms with Crippen LogP contribution in [0.5, 0.6) is 0 Å². The van der Waals surface area contributed by atoms with Crippen molar-refractivity contribution in [3.63, 3.8) is 0 Å². The third kappa shape index (κ3) is 4.54. The van der Waals surface area contributed by atoms with E-state index in [4.69, 9.17) is 0 Å². The summed E-state index contributed by atoms with van der Waals surface area (Å²) < 4.78 is 0. The van der Waals surface area contributed by atoms with Gasteiger partial charge in [0.2, 0.25) is 5.95 Å². The lowest BCUT2D eigenvalue weighted by Crippen LogP contribution is -2.45. The molecule has 0 aromatic carbocycles. The number of carbonyl (C=O) groups is 1. The second-order valence-electron chi connectivity index (χ2n) is 6.45. The number of carbonyl (C=O) groups excluding carboxylic acids is 1. The normalized spacial score (nSPS) is 19.8. The van der Waals surface area contributed by atoms with Crippen LogP contribution in [0.3, 0.4) is 0 Å². The number of hydrogen-bond acceptors (Lipinski definition) is 5.